The van der Waals surface area contributed by atoms with E-state index < -0.39 is 0 Å². The second kappa shape index (κ2) is 6.42. The highest BCUT2D eigenvalue weighted by molar-refractivity contribution is 7.18. The summed E-state index contributed by atoms with van der Waals surface area (Å²) in [5, 5.41) is 0.816. The zero-order valence-corrected chi connectivity index (χ0v) is 15.7. The normalized spacial score (nSPS) is 18.6. The fourth-order valence-electron chi connectivity index (χ4n) is 3.56. The largest absolute Gasteiger partial charge is 0.468 e. The molecule has 0 saturated heterocycles. The van der Waals surface area contributed by atoms with Crippen molar-refractivity contribution >= 4 is 21.6 Å². The Morgan fingerprint density at radius 2 is 2.36 bits per heavy atom. The molecule has 1 aliphatic rings. The van der Waals surface area contributed by atoms with Crippen LogP contribution in [0, 0.1) is 5.92 Å². The Labute approximate surface area is 150 Å². The minimum atomic E-state index is 0.000233. The summed E-state index contributed by atoms with van der Waals surface area (Å²) in [5.41, 5.74) is 1.24. The third kappa shape index (κ3) is 3.04. The predicted molar refractivity (Wildman–Crippen MR) is 100 cm³/mol. The van der Waals surface area contributed by atoms with Gasteiger partial charge in [0.15, 0.2) is 0 Å². The van der Waals surface area contributed by atoms with Gasteiger partial charge in [0.25, 0.3) is 5.56 Å². The minimum Gasteiger partial charge on any atom is -0.468 e. The Kier molecular flexibility index (Phi) is 4.25. The lowest BCUT2D eigenvalue weighted by atomic mass is 9.89. The van der Waals surface area contributed by atoms with E-state index in [2.05, 4.69) is 23.7 Å². The van der Waals surface area contributed by atoms with Gasteiger partial charge in [0, 0.05) is 4.88 Å². The zero-order chi connectivity index (χ0) is 17.6. The van der Waals surface area contributed by atoms with Gasteiger partial charge in [0.05, 0.1) is 24.2 Å². The molecular formula is C19H23N3O2S. The lowest BCUT2D eigenvalue weighted by Crippen LogP contribution is -2.25. The van der Waals surface area contributed by atoms with Crippen molar-refractivity contribution in [3.05, 3.63) is 50.8 Å². The summed E-state index contributed by atoms with van der Waals surface area (Å²) in [4.78, 5) is 24.9. The molecule has 3 heterocycles. The number of aryl methyl sites for hydroxylation is 1. The monoisotopic (exact) mass is 357 g/mol. The third-order valence-corrected chi connectivity index (χ3v) is 6.37. The molecule has 3 aromatic heterocycles. The standard InChI is InChI=1S/C19H23N3O2S/c1-11-6-7-14-15(9-11)25-19-16(14)18(23)20-17(21-19)12(2)22(3)10-13-5-4-8-24-13/h4-5,8,11-12H,6-7,9-10H2,1-3H3,(H,20,21,23). The summed E-state index contributed by atoms with van der Waals surface area (Å²) in [6, 6.07) is 3.84. The van der Waals surface area contributed by atoms with E-state index in [1.54, 1.807) is 17.6 Å². The van der Waals surface area contributed by atoms with E-state index in [-0.39, 0.29) is 11.6 Å². The zero-order valence-electron chi connectivity index (χ0n) is 14.8. The Hall–Kier alpha value is -1.92. The number of H-pyrrole nitrogens is 1. The highest BCUT2D eigenvalue weighted by atomic mass is 32.1. The topological polar surface area (TPSA) is 62.1 Å². The van der Waals surface area contributed by atoms with Crippen LogP contribution in [0.3, 0.4) is 0 Å². The first-order valence-corrected chi connectivity index (χ1v) is 9.61. The van der Waals surface area contributed by atoms with Crippen molar-refractivity contribution in [3.63, 3.8) is 0 Å². The molecule has 0 aliphatic heterocycles. The van der Waals surface area contributed by atoms with Crippen LogP contribution >= 0.6 is 11.3 Å². The summed E-state index contributed by atoms with van der Waals surface area (Å²) in [5.74, 6) is 2.31. The Balaban J connectivity index is 1.67. The molecule has 5 nitrogen and oxygen atoms in total. The van der Waals surface area contributed by atoms with Crippen LogP contribution in [0.1, 0.15) is 48.3 Å². The number of thiophene rings is 1. The SMILES string of the molecule is CC1CCc2c(sc3nc(C(C)N(C)Cc4ccco4)[nH]c(=O)c23)C1. The van der Waals surface area contributed by atoms with Crippen molar-refractivity contribution in [2.24, 2.45) is 5.92 Å². The molecule has 1 aliphatic carbocycles. The van der Waals surface area contributed by atoms with Crippen LogP contribution in [0.5, 0.6) is 0 Å². The number of hydrogen-bond acceptors (Lipinski definition) is 5. The van der Waals surface area contributed by atoms with Gasteiger partial charge in [0.2, 0.25) is 0 Å². The van der Waals surface area contributed by atoms with Gasteiger partial charge in [-0.3, -0.25) is 9.69 Å². The molecule has 6 heteroatoms. The van der Waals surface area contributed by atoms with Crippen LogP contribution in [-0.2, 0) is 19.4 Å². The Morgan fingerprint density at radius 3 is 3.12 bits per heavy atom. The summed E-state index contributed by atoms with van der Waals surface area (Å²) >= 11 is 1.70. The number of fused-ring (bicyclic) bond motifs is 3. The van der Waals surface area contributed by atoms with E-state index in [4.69, 9.17) is 9.40 Å². The lowest BCUT2D eigenvalue weighted by molar-refractivity contribution is 0.224. The molecule has 0 radical (unpaired) electrons. The quantitative estimate of drug-likeness (QED) is 0.769. The average Bonchev–Trinajstić information content (AvgIpc) is 3.20. The van der Waals surface area contributed by atoms with Gasteiger partial charge in [-0.15, -0.1) is 11.3 Å². The van der Waals surface area contributed by atoms with Crippen LogP contribution in [0.15, 0.2) is 27.6 Å². The van der Waals surface area contributed by atoms with E-state index in [0.717, 1.165) is 41.1 Å². The lowest BCUT2D eigenvalue weighted by Gasteiger charge is -2.22. The molecule has 0 bridgehead atoms. The maximum atomic E-state index is 12.7. The van der Waals surface area contributed by atoms with Crippen molar-refractivity contribution < 1.29 is 4.42 Å². The molecule has 2 unspecified atom stereocenters. The summed E-state index contributed by atoms with van der Waals surface area (Å²) in [6.07, 6.45) is 4.90. The van der Waals surface area contributed by atoms with E-state index in [1.165, 1.54) is 10.4 Å². The third-order valence-electron chi connectivity index (χ3n) is 5.23. The second-order valence-electron chi connectivity index (χ2n) is 7.15. The summed E-state index contributed by atoms with van der Waals surface area (Å²) < 4.78 is 5.42. The molecular weight excluding hydrogens is 334 g/mol. The van der Waals surface area contributed by atoms with Crippen LogP contribution in [-0.4, -0.2) is 21.9 Å². The molecule has 0 aromatic carbocycles. The van der Waals surface area contributed by atoms with Crippen molar-refractivity contribution in [1.29, 1.82) is 0 Å². The van der Waals surface area contributed by atoms with E-state index >= 15 is 0 Å². The maximum Gasteiger partial charge on any atom is 0.259 e. The van der Waals surface area contributed by atoms with Gasteiger partial charge in [-0.05, 0) is 56.8 Å². The van der Waals surface area contributed by atoms with E-state index in [9.17, 15) is 4.79 Å². The molecule has 0 spiro atoms. The van der Waals surface area contributed by atoms with Gasteiger partial charge in [-0.25, -0.2) is 4.98 Å². The molecule has 0 amide bonds. The van der Waals surface area contributed by atoms with Crippen LogP contribution in [0.25, 0.3) is 10.2 Å². The van der Waals surface area contributed by atoms with Crippen molar-refractivity contribution in [1.82, 2.24) is 14.9 Å². The molecule has 0 saturated carbocycles. The fraction of sp³-hybridized carbons (Fsp3) is 0.474. The summed E-state index contributed by atoms with van der Waals surface area (Å²) in [6.45, 7) is 5.01. The van der Waals surface area contributed by atoms with Crippen molar-refractivity contribution in [2.75, 3.05) is 7.05 Å². The predicted octanol–water partition coefficient (Wildman–Crippen LogP) is 3.90. The molecule has 3 aromatic rings. The molecule has 132 valence electrons. The van der Waals surface area contributed by atoms with Crippen LogP contribution in [0.2, 0.25) is 0 Å². The minimum absolute atomic E-state index is 0.000233. The first kappa shape index (κ1) is 16.5. The number of nitrogens with one attached hydrogen (secondary N) is 1. The van der Waals surface area contributed by atoms with Gasteiger partial charge >= 0.3 is 0 Å². The molecule has 2 atom stereocenters. The summed E-state index contributed by atoms with van der Waals surface area (Å²) in [7, 11) is 2.01. The number of nitrogens with zero attached hydrogens (tertiary/aromatic N) is 2. The average molecular weight is 357 g/mol. The number of rotatable bonds is 4. The fourth-order valence-corrected chi connectivity index (χ4v) is 4.95. The second-order valence-corrected chi connectivity index (χ2v) is 8.24. The first-order chi connectivity index (χ1) is 12.0. The van der Waals surface area contributed by atoms with Crippen LogP contribution in [0.4, 0.5) is 0 Å². The van der Waals surface area contributed by atoms with Gasteiger partial charge in [-0.2, -0.15) is 0 Å². The van der Waals surface area contributed by atoms with E-state index in [1.807, 2.05) is 19.2 Å². The number of aromatic nitrogens is 2. The van der Waals surface area contributed by atoms with Gasteiger partial charge in [-0.1, -0.05) is 6.92 Å². The number of aromatic amines is 1. The van der Waals surface area contributed by atoms with Gasteiger partial charge in [0.1, 0.15) is 16.4 Å². The number of hydrogen-bond donors (Lipinski definition) is 1. The van der Waals surface area contributed by atoms with Crippen molar-refractivity contribution in [3.8, 4) is 0 Å². The van der Waals surface area contributed by atoms with E-state index in [0.29, 0.717) is 12.5 Å². The Morgan fingerprint density at radius 1 is 1.52 bits per heavy atom. The van der Waals surface area contributed by atoms with Gasteiger partial charge < -0.3 is 9.40 Å². The van der Waals surface area contributed by atoms with Crippen molar-refractivity contribution in [2.45, 2.75) is 45.7 Å². The first-order valence-electron chi connectivity index (χ1n) is 8.80. The maximum absolute atomic E-state index is 12.7. The molecule has 1 N–H and O–H groups in total. The Bertz CT molecular complexity index is 942. The molecule has 4 rings (SSSR count). The van der Waals surface area contributed by atoms with Crippen LogP contribution < -0.4 is 5.56 Å². The molecule has 25 heavy (non-hydrogen) atoms. The molecule has 0 fully saturated rings. The highest BCUT2D eigenvalue weighted by Gasteiger charge is 2.24. The number of furan rings is 1. The smallest absolute Gasteiger partial charge is 0.259 e. The highest BCUT2D eigenvalue weighted by Crippen LogP contribution is 2.36.